The van der Waals surface area contributed by atoms with E-state index in [0.29, 0.717) is 0 Å². The summed E-state index contributed by atoms with van der Waals surface area (Å²) in [5.41, 5.74) is 1.10. The molecule has 144 valence electrons. The molecule has 2 aromatic carbocycles. The first-order chi connectivity index (χ1) is 12.7. The number of rotatable bonds is 5. The van der Waals surface area contributed by atoms with Gasteiger partial charge in [-0.25, -0.2) is 0 Å². The summed E-state index contributed by atoms with van der Waals surface area (Å²) in [4.78, 5) is 23.9. The standard InChI is InChI=1S/C19H19F3N2O3/c1-12-5-3-4-6-15(12)16(27-2)11-23-17(25)18(26)24-14-9-7-13(8-10-14)19(20,21)22/h3-10,16H,11H2,1-2H3,(H,23,25)(H,24,26). The third-order valence-corrected chi connectivity index (χ3v) is 3.94. The van der Waals surface area contributed by atoms with E-state index in [0.717, 1.165) is 35.4 Å². The minimum absolute atomic E-state index is 0.0701. The highest BCUT2D eigenvalue weighted by atomic mass is 19.4. The van der Waals surface area contributed by atoms with E-state index in [4.69, 9.17) is 4.74 Å². The Labute approximate surface area is 154 Å². The van der Waals surface area contributed by atoms with Crippen LogP contribution in [0.2, 0.25) is 0 Å². The number of alkyl halides is 3. The van der Waals surface area contributed by atoms with Gasteiger partial charge in [-0.2, -0.15) is 13.2 Å². The molecule has 27 heavy (non-hydrogen) atoms. The van der Waals surface area contributed by atoms with Crippen LogP contribution in [0.4, 0.5) is 18.9 Å². The molecule has 0 aliphatic rings. The normalized spacial score (nSPS) is 12.3. The summed E-state index contributed by atoms with van der Waals surface area (Å²) in [7, 11) is 1.49. The molecule has 8 heteroatoms. The first-order valence-electron chi connectivity index (χ1n) is 8.07. The lowest BCUT2D eigenvalue weighted by molar-refractivity contribution is -0.137. The van der Waals surface area contributed by atoms with Gasteiger partial charge in [0.15, 0.2) is 0 Å². The van der Waals surface area contributed by atoms with Gasteiger partial charge in [-0.1, -0.05) is 24.3 Å². The van der Waals surface area contributed by atoms with Crippen molar-refractivity contribution >= 4 is 17.5 Å². The molecule has 0 spiro atoms. The van der Waals surface area contributed by atoms with Gasteiger partial charge in [0.1, 0.15) is 0 Å². The Morgan fingerprint density at radius 2 is 1.67 bits per heavy atom. The van der Waals surface area contributed by atoms with Crippen molar-refractivity contribution in [1.82, 2.24) is 5.32 Å². The number of anilines is 1. The number of hydrogen-bond donors (Lipinski definition) is 2. The average Bonchev–Trinajstić information content (AvgIpc) is 2.63. The van der Waals surface area contributed by atoms with Crippen molar-refractivity contribution in [2.24, 2.45) is 0 Å². The van der Waals surface area contributed by atoms with E-state index >= 15 is 0 Å². The number of aryl methyl sites for hydroxylation is 1. The quantitative estimate of drug-likeness (QED) is 0.781. The number of methoxy groups -OCH3 is 1. The van der Waals surface area contributed by atoms with Gasteiger partial charge in [-0.15, -0.1) is 0 Å². The molecule has 0 fully saturated rings. The molecule has 5 nitrogen and oxygen atoms in total. The van der Waals surface area contributed by atoms with E-state index in [1.54, 1.807) is 0 Å². The fraction of sp³-hybridized carbons (Fsp3) is 0.263. The Morgan fingerprint density at radius 1 is 1.04 bits per heavy atom. The second-order valence-electron chi connectivity index (χ2n) is 5.82. The van der Waals surface area contributed by atoms with Gasteiger partial charge >= 0.3 is 18.0 Å². The number of ether oxygens (including phenoxy) is 1. The molecule has 0 saturated carbocycles. The topological polar surface area (TPSA) is 67.4 Å². The van der Waals surface area contributed by atoms with Crippen LogP contribution < -0.4 is 10.6 Å². The molecule has 1 unspecified atom stereocenters. The van der Waals surface area contributed by atoms with Crippen LogP contribution in [-0.2, 0) is 20.5 Å². The third-order valence-electron chi connectivity index (χ3n) is 3.94. The highest BCUT2D eigenvalue weighted by Gasteiger charge is 2.30. The number of amides is 2. The predicted molar refractivity (Wildman–Crippen MR) is 94.0 cm³/mol. The third kappa shape index (κ3) is 5.55. The first kappa shape index (κ1) is 20.4. The Hall–Kier alpha value is -2.87. The second kappa shape index (κ2) is 8.68. The zero-order valence-corrected chi connectivity index (χ0v) is 14.8. The van der Waals surface area contributed by atoms with Crippen LogP contribution in [0.15, 0.2) is 48.5 Å². The SMILES string of the molecule is COC(CNC(=O)C(=O)Nc1ccc(C(F)(F)F)cc1)c1ccccc1C. The lowest BCUT2D eigenvalue weighted by Crippen LogP contribution is -2.38. The van der Waals surface area contributed by atoms with Crippen LogP contribution in [0.5, 0.6) is 0 Å². The molecule has 2 amide bonds. The van der Waals surface area contributed by atoms with Gasteiger partial charge in [0.05, 0.1) is 11.7 Å². The van der Waals surface area contributed by atoms with Crippen LogP contribution in [-0.4, -0.2) is 25.5 Å². The Morgan fingerprint density at radius 3 is 2.22 bits per heavy atom. The van der Waals surface area contributed by atoms with Crippen molar-refractivity contribution in [2.45, 2.75) is 19.2 Å². The molecular formula is C19H19F3N2O3. The largest absolute Gasteiger partial charge is 0.416 e. The highest BCUT2D eigenvalue weighted by molar-refractivity contribution is 6.39. The molecule has 1 atom stereocenters. The van der Waals surface area contributed by atoms with Gasteiger partial charge < -0.3 is 15.4 Å². The number of nitrogens with one attached hydrogen (secondary N) is 2. The maximum absolute atomic E-state index is 12.5. The second-order valence-corrected chi connectivity index (χ2v) is 5.82. The highest BCUT2D eigenvalue weighted by Crippen LogP contribution is 2.29. The molecule has 2 aromatic rings. The molecule has 0 heterocycles. The predicted octanol–water partition coefficient (Wildman–Crippen LogP) is 3.46. The van der Waals surface area contributed by atoms with Crippen molar-refractivity contribution < 1.29 is 27.5 Å². The van der Waals surface area contributed by atoms with Crippen LogP contribution >= 0.6 is 0 Å². The molecule has 0 aliphatic heterocycles. The number of carbonyl (C=O) groups excluding carboxylic acids is 2. The van der Waals surface area contributed by atoms with Crippen molar-refractivity contribution in [2.75, 3.05) is 19.0 Å². The smallest absolute Gasteiger partial charge is 0.375 e. The Balaban J connectivity index is 1.93. The summed E-state index contributed by atoms with van der Waals surface area (Å²) < 4.78 is 42.9. The summed E-state index contributed by atoms with van der Waals surface area (Å²) in [6.45, 7) is 1.97. The van der Waals surface area contributed by atoms with Crippen LogP contribution in [0.25, 0.3) is 0 Å². The van der Waals surface area contributed by atoms with E-state index in [1.165, 1.54) is 7.11 Å². The lowest BCUT2D eigenvalue weighted by atomic mass is 10.0. The average molecular weight is 380 g/mol. The van der Waals surface area contributed by atoms with E-state index in [2.05, 4.69) is 10.6 Å². The minimum Gasteiger partial charge on any atom is -0.375 e. The summed E-state index contributed by atoms with van der Waals surface area (Å²) >= 11 is 0. The van der Waals surface area contributed by atoms with Gasteiger partial charge in [0, 0.05) is 19.3 Å². The summed E-state index contributed by atoms with van der Waals surface area (Å²) in [5.74, 6) is -1.89. The van der Waals surface area contributed by atoms with E-state index in [1.807, 2.05) is 31.2 Å². The summed E-state index contributed by atoms with van der Waals surface area (Å²) in [6, 6.07) is 11.3. The number of hydrogen-bond acceptors (Lipinski definition) is 3. The maximum Gasteiger partial charge on any atom is 0.416 e. The van der Waals surface area contributed by atoms with Gasteiger partial charge in [-0.05, 0) is 42.3 Å². The number of carbonyl (C=O) groups is 2. The van der Waals surface area contributed by atoms with Crippen LogP contribution in [0.3, 0.4) is 0 Å². The zero-order chi connectivity index (χ0) is 20.0. The van der Waals surface area contributed by atoms with E-state index in [-0.39, 0.29) is 12.2 Å². The Kier molecular flexibility index (Phi) is 6.57. The van der Waals surface area contributed by atoms with Crippen molar-refractivity contribution in [3.05, 3.63) is 65.2 Å². The van der Waals surface area contributed by atoms with Crippen molar-refractivity contribution in [1.29, 1.82) is 0 Å². The lowest BCUT2D eigenvalue weighted by Gasteiger charge is -2.18. The van der Waals surface area contributed by atoms with E-state index < -0.39 is 29.7 Å². The van der Waals surface area contributed by atoms with E-state index in [9.17, 15) is 22.8 Å². The van der Waals surface area contributed by atoms with Gasteiger partial charge in [0.2, 0.25) is 0 Å². The summed E-state index contributed by atoms with van der Waals surface area (Å²) in [6.07, 6.45) is -4.90. The molecule has 0 saturated heterocycles. The maximum atomic E-state index is 12.5. The number of halogens is 3. The van der Waals surface area contributed by atoms with Crippen LogP contribution in [0.1, 0.15) is 22.8 Å². The molecule has 0 bridgehead atoms. The monoisotopic (exact) mass is 380 g/mol. The fourth-order valence-electron chi connectivity index (χ4n) is 2.46. The van der Waals surface area contributed by atoms with Gasteiger partial charge in [0.25, 0.3) is 0 Å². The molecule has 2 N–H and O–H groups in total. The molecule has 0 aliphatic carbocycles. The fourth-order valence-corrected chi connectivity index (χ4v) is 2.46. The number of benzene rings is 2. The summed E-state index contributed by atoms with van der Waals surface area (Å²) in [5, 5.41) is 4.71. The molecule has 0 aromatic heterocycles. The van der Waals surface area contributed by atoms with Crippen molar-refractivity contribution in [3.63, 3.8) is 0 Å². The first-order valence-corrected chi connectivity index (χ1v) is 8.07. The molecular weight excluding hydrogens is 361 g/mol. The van der Waals surface area contributed by atoms with Gasteiger partial charge in [-0.3, -0.25) is 9.59 Å². The molecule has 2 rings (SSSR count). The Bertz CT molecular complexity index is 805. The van der Waals surface area contributed by atoms with Crippen LogP contribution in [0, 0.1) is 6.92 Å². The zero-order valence-electron chi connectivity index (χ0n) is 14.8. The molecule has 0 radical (unpaired) electrons. The van der Waals surface area contributed by atoms with Crippen molar-refractivity contribution in [3.8, 4) is 0 Å². The minimum atomic E-state index is -4.47.